The van der Waals surface area contributed by atoms with Crippen LogP contribution in [0.4, 0.5) is 0 Å². The van der Waals surface area contributed by atoms with E-state index in [0.29, 0.717) is 11.1 Å². The second kappa shape index (κ2) is 8.44. The first-order valence-corrected chi connectivity index (χ1v) is 8.88. The molecule has 4 nitrogen and oxygen atoms in total. The number of aromatic nitrogens is 2. The molecule has 0 radical (unpaired) electrons. The van der Waals surface area contributed by atoms with Crippen LogP contribution in [0.25, 0.3) is 0 Å². The van der Waals surface area contributed by atoms with E-state index in [0.717, 1.165) is 38.2 Å². The van der Waals surface area contributed by atoms with Gasteiger partial charge in [0.1, 0.15) is 0 Å². The van der Waals surface area contributed by atoms with E-state index in [-0.39, 0.29) is 0 Å². The van der Waals surface area contributed by atoms with Gasteiger partial charge in [-0.25, -0.2) is 0 Å². The molecular formula is C14H21N3OS2. The van der Waals surface area contributed by atoms with E-state index in [2.05, 4.69) is 40.4 Å². The van der Waals surface area contributed by atoms with Crippen LogP contribution in [0, 0.1) is 0 Å². The Morgan fingerprint density at radius 3 is 2.85 bits per heavy atom. The standard InChI is InChI=1S/C14H21N3OS2/c1-3-17(4-2)8-6-10-20-14-16-15-13(18-14)11-12-7-5-9-19-12/h5,7,9H,3-4,6,8,10-11H2,1-2H3. The maximum Gasteiger partial charge on any atom is 0.276 e. The highest BCUT2D eigenvalue weighted by Gasteiger charge is 2.08. The van der Waals surface area contributed by atoms with Gasteiger partial charge in [0, 0.05) is 10.6 Å². The third-order valence-electron chi connectivity index (χ3n) is 3.09. The summed E-state index contributed by atoms with van der Waals surface area (Å²) < 4.78 is 5.65. The molecule has 2 rings (SSSR count). The fourth-order valence-corrected chi connectivity index (χ4v) is 3.32. The van der Waals surface area contributed by atoms with Crippen molar-refractivity contribution in [2.24, 2.45) is 0 Å². The van der Waals surface area contributed by atoms with E-state index < -0.39 is 0 Å². The Labute approximate surface area is 128 Å². The molecule has 0 bridgehead atoms. The van der Waals surface area contributed by atoms with Crippen molar-refractivity contribution in [2.75, 3.05) is 25.4 Å². The summed E-state index contributed by atoms with van der Waals surface area (Å²) >= 11 is 3.37. The van der Waals surface area contributed by atoms with Crippen molar-refractivity contribution in [1.29, 1.82) is 0 Å². The topological polar surface area (TPSA) is 42.2 Å². The zero-order chi connectivity index (χ0) is 14.2. The Hall–Kier alpha value is -0.850. The second-order valence-corrected chi connectivity index (χ2v) is 6.53. The van der Waals surface area contributed by atoms with Gasteiger partial charge in [-0.05, 0) is 37.5 Å². The lowest BCUT2D eigenvalue weighted by Gasteiger charge is -2.16. The molecule has 0 aliphatic rings. The van der Waals surface area contributed by atoms with Crippen LogP contribution in [0.3, 0.4) is 0 Å². The molecule has 0 aromatic carbocycles. The van der Waals surface area contributed by atoms with Gasteiger partial charge in [0.05, 0.1) is 6.42 Å². The summed E-state index contributed by atoms with van der Waals surface area (Å²) in [7, 11) is 0. The molecule has 0 fully saturated rings. The van der Waals surface area contributed by atoms with E-state index >= 15 is 0 Å². The van der Waals surface area contributed by atoms with Gasteiger partial charge in [0.2, 0.25) is 5.89 Å². The Morgan fingerprint density at radius 2 is 2.15 bits per heavy atom. The number of thiophene rings is 1. The monoisotopic (exact) mass is 311 g/mol. The lowest BCUT2D eigenvalue weighted by atomic mass is 10.3. The number of thioether (sulfide) groups is 1. The lowest BCUT2D eigenvalue weighted by molar-refractivity contribution is 0.305. The van der Waals surface area contributed by atoms with E-state index in [1.54, 1.807) is 23.1 Å². The number of hydrogen-bond donors (Lipinski definition) is 0. The average molecular weight is 311 g/mol. The minimum Gasteiger partial charge on any atom is -0.416 e. The van der Waals surface area contributed by atoms with Crippen molar-refractivity contribution in [1.82, 2.24) is 15.1 Å². The Morgan fingerprint density at radius 1 is 1.30 bits per heavy atom. The molecule has 0 saturated heterocycles. The maximum atomic E-state index is 5.65. The molecule has 0 spiro atoms. The van der Waals surface area contributed by atoms with Gasteiger partial charge in [0.15, 0.2) is 0 Å². The summed E-state index contributed by atoms with van der Waals surface area (Å²) in [5.41, 5.74) is 0. The summed E-state index contributed by atoms with van der Waals surface area (Å²) in [6.07, 6.45) is 1.89. The molecule has 20 heavy (non-hydrogen) atoms. The molecule has 6 heteroatoms. The van der Waals surface area contributed by atoms with Crippen molar-refractivity contribution in [2.45, 2.75) is 31.9 Å². The molecule has 0 saturated carbocycles. The Balaban J connectivity index is 1.70. The molecule has 110 valence electrons. The molecule has 2 heterocycles. The highest BCUT2D eigenvalue weighted by Crippen LogP contribution is 2.20. The molecule has 0 unspecified atom stereocenters. The van der Waals surface area contributed by atoms with Gasteiger partial charge in [-0.3, -0.25) is 0 Å². The van der Waals surface area contributed by atoms with E-state index in [4.69, 9.17) is 4.42 Å². The molecule has 0 aliphatic heterocycles. The highest BCUT2D eigenvalue weighted by atomic mass is 32.2. The van der Waals surface area contributed by atoms with Gasteiger partial charge in [-0.15, -0.1) is 21.5 Å². The summed E-state index contributed by atoms with van der Waals surface area (Å²) in [6.45, 7) is 7.77. The normalized spacial score (nSPS) is 11.3. The molecule has 2 aromatic rings. The minimum atomic E-state index is 0.691. The van der Waals surface area contributed by atoms with Gasteiger partial charge in [0.25, 0.3) is 5.22 Å². The number of rotatable bonds is 9. The van der Waals surface area contributed by atoms with Crippen LogP contribution in [0.1, 0.15) is 31.0 Å². The van der Waals surface area contributed by atoms with Crippen molar-refractivity contribution in [3.05, 3.63) is 28.3 Å². The largest absolute Gasteiger partial charge is 0.416 e. The van der Waals surface area contributed by atoms with Crippen molar-refractivity contribution < 1.29 is 4.42 Å². The second-order valence-electron chi connectivity index (χ2n) is 4.45. The van der Waals surface area contributed by atoms with E-state index in [1.165, 1.54) is 4.88 Å². The third-order valence-corrected chi connectivity index (χ3v) is 4.87. The summed E-state index contributed by atoms with van der Waals surface area (Å²) in [5, 5.41) is 10.9. The number of hydrogen-bond acceptors (Lipinski definition) is 6. The highest BCUT2D eigenvalue weighted by molar-refractivity contribution is 7.99. The first-order chi connectivity index (χ1) is 9.81. The third kappa shape index (κ3) is 4.92. The molecule has 0 aliphatic carbocycles. The SMILES string of the molecule is CCN(CC)CCCSc1nnc(Cc2cccs2)o1. The molecular weight excluding hydrogens is 290 g/mol. The van der Waals surface area contributed by atoms with Gasteiger partial charge in [-0.1, -0.05) is 31.7 Å². The van der Waals surface area contributed by atoms with Gasteiger partial charge in [-0.2, -0.15) is 0 Å². The number of nitrogens with zero attached hydrogens (tertiary/aromatic N) is 3. The molecule has 0 amide bonds. The van der Waals surface area contributed by atoms with Crippen molar-refractivity contribution >= 4 is 23.1 Å². The van der Waals surface area contributed by atoms with Gasteiger partial charge >= 0.3 is 0 Å². The van der Waals surface area contributed by atoms with Crippen LogP contribution < -0.4 is 0 Å². The van der Waals surface area contributed by atoms with Crippen LogP contribution in [-0.2, 0) is 6.42 Å². The Kier molecular flexibility index (Phi) is 6.56. The quantitative estimate of drug-likeness (QED) is 0.523. The van der Waals surface area contributed by atoms with Crippen molar-refractivity contribution in [3.63, 3.8) is 0 Å². The molecule has 2 aromatic heterocycles. The fourth-order valence-electron chi connectivity index (χ4n) is 1.92. The summed E-state index contributed by atoms with van der Waals surface area (Å²) in [6, 6.07) is 4.13. The van der Waals surface area contributed by atoms with Crippen LogP contribution in [0.15, 0.2) is 27.2 Å². The van der Waals surface area contributed by atoms with Gasteiger partial charge < -0.3 is 9.32 Å². The maximum absolute atomic E-state index is 5.65. The van der Waals surface area contributed by atoms with E-state index in [1.807, 2.05) is 6.07 Å². The van der Waals surface area contributed by atoms with E-state index in [9.17, 15) is 0 Å². The smallest absolute Gasteiger partial charge is 0.276 e. The average Bonchev–Trinajstić information content (AvgIpc) is 3.12. The zero-order valence-corrected chi connectivity index (χ0v) is 13.7. The minimum absolute atomic E-state index is 0.691. The van der Waals surface area contributed by atoms with Crippen LogP contribution in [-0.4, -0.2) is 40.5 Å². The fraction of sp³-hybridized carbons (Fsp3) is 0.571. The molecule has 0 atom stereocenters. The molecule has 0 N–H and O–H groups in total. The first-order valence-electron chi connectivity index (χ1n) is 7.01. The Bertz CT molecular complexity index is 480. The van der Waals surface area contributed by atoms with Crippen LogP contribution in [0.5, 0.6) is 0 Å². The summed E-state index contributed by atoms with van der Waals surface area (Å²) in [4.78, 5) is 3.68. The predicted molar refractivity (Wildman–Crippen MR) is 84.6 cm³/mol. The van der Waals surface area contributed by atoms with Crippen LogP contribution in [0.2, 0.25) is 0 Å². The zero-order valence-electron chi connectivity index (χ0n) is 12.0. The predicted octanol–water partition coefficient (Wildman–Crippen LogP) is 3.55. The first kappa shape index (κ1) is 15.5. The van der Waals surface area contributed by atoms with Crippen molar-refractivity contribution in [3.8, 4) is 0 Å². The summed E-state index contributed by atoms with van der Waals surface area (Å²) in [5.74, 6) is 1.73. The lowest BCUT2D eigenvalue weighted by Crippen LogP contribution is -2.24. The van der Waals surface area contributed by atoms with Crippen LogP contribution >= 0.6 is 23.1 Å².